The predicted molar refractivity (Wildman–Crippen MR) is 70.1 cm³/mol. The quantitative estimate of drug-likeness (QED) is 0.901. The van der Waals surface area contributed by atoms with Crippen molar-refractivity contribution in [3.63, 3.8) is 0 Å². The third-order valence-corrected chi connectivity index (χ3v) is 4.67. The first kappa shape index (κ1) is 14.9. The van der Waals surface area contributed by atoms with Crippen molar-refractivity contribution in [2.24, 2.45) is 0 Å². The number of hydrogen-bond acceptors (Lipinski definition) is 4. The van der Waals surface area contributed by atoms with E-state index in [1.54, 1.807) is 12.1 Å². The lowest BCUT2D eigenvalue weighted by atomic mass is 10.3. The van der Waals surface area contributed by atoms with Crippen LogP contribution in [0.4, 0.5) is 8.78 Å². The summed E-state index contributed by atoms with van der Waals surface area (Å²) in [6, 6.07) is 4.53. The van der Waals surface area contributed by atoms with E-state index < -0.39 is 26.6 Å². The third-order valence-electron chi connectivity index (χ3n) is 2.30. The van der Waals surface area contributed by atoms with Crippen LogP contribution in [-0.4, -0.2) is 18.6 Å². The van der Waals surface area contributed by atoms with Gasteiger partial charge in [-0.05, 0) is 34.1 Å². The number of aromatic nitrogens is 2. The van der Waals surface area contributed by atoms with E-state index >= 15 is 0 Å². The maximum absolute atomic E-state index is 13.6. The average molecular weight is 364 g/mol. The van der Waals surface area contributed by atoms with E-state index in [2.05, 4.69) is 30.8 Å². The average Bonchev–Trinajstić information content (AvgIpc) is 2.36. The molecule has 2 aromatic rings. The molecule has 0 saturated carbocycles. The third kappa shape index (κ3) is 3.35. The predicted octanol–water partition coefficient (Wildman–Crippen LogP) is 2.00. The second kappa shape index (κ2) is 5.90. The highest BCUT2D eigenvalue weighted by Gasteiger charge is 2.23. The van der Waals surface area contributed by atoms with Gasteiger partial charge in [0.1, 0.15) is 16.5 Å². The van der Waals surface area contributed by atoms with Crippen molar-refractivity contribution in [1.29, 1.82) is 0 Å². The highest BCUT2D eigenvalue weighted by atomic mass is 79.9. The van der Waals surface area contributed by atoms with Gasteiger partial charge in [0.2, 0.25) is 10.0 Å². The summed E-state index contributed by atoms with van der Waals surface area (Å²) in [7, 11) is -4.14. The molecule has 106 valence electrons. The molecule has 0 amide bonds. The Balaban J connectivity index is 2.28. The summed E-state index contributed by atoms with van der Waals surface area (Å²) in [6.45, 7) is -0.153. The van der Waals surface area contributed by atoms with Crippen LogP contribution in [0, 0.1) is 11.6 Å². The van der Waals surface area contributed by atoms with Crippen LogP contribution < -0.4 is 4.72 Å². The fourth-order valence-corrected chi connectivity index (χ4v) is 3.62. The van der Waals surface area contributed by atoms with E-state index in [9.17, 15) is 17.2 Å². The van der Waals surface area contributed by atoms with E-state index in [4.69, 9.17) is 0 Å². The summed E-state index contributed by atoms with van der Waals surface area (Å²) < 4.78 is 52.5. The molecule has 0 unspecified atom stereocenters. The number of nitrogens with one attached hydrogen (secondary N) is 1. The van der Waals surface area contributed by atoms with Gasteiger partial charge in [-0.15, -0.1) is 0 Å². The van der Waals surface area contributed by atoms with Crippen LogP contribution in [0.5, 0.6) is 0 Å². The van der Waals surface area contributed by atoms with Crippen LogP contribution in [0.15, 0.2) is 39.8 Å². The minimum absolute atomic E-state index is 0.153. The van der Waals surface area contributed by atoms with Gasteiger partial charge in [0.25, 0.3) is 0 Å². The van der Waals surface area contributed by atoms with Crippen LogP contribution in [0.3, 0.4) is 0 Å². The van der Waals surface area contributed by atoms with Crippen molar-refractivity contribution in [3.05, 3.63) is 52.3 Å². The van der Waals surface area contributed by atoms with Crippen molar-refractivity contribution in [3.8, 4) is 0 Å². The summed E-state index contributed by atoms with van der Waals surface area (Å²) in [5.74, 6) is -2.05. The molecule has 1 heterocycles. The van der Waals surface area contributed by atoms with Gasteiger partial charge in [-0.2, -0.15) is 10.2 Å². The van der Waals surface area contributed by atoms with Gasteiger partial charge in [-0.1, -0.05) is 0 Å². The first-order valence-electron chi connectivity index (χ1n) is 5.31. The zero-order valence-corrected chi connectivity index (χ0v) is 12.2. The number of halogens is 3. The minimum Gasteiger partial charge on any atom is -0.207 e. The summed E-state index contributed by atoms with van der Waals surface area (Å²) in [6.07, 6.45) is 1.44. The highest BCUT2D eigenvalue weighted by molar-refractivity contribution is 9.10. The van der Waals surface area contributed by atoms with Crippen LogP contribution in [0.1, 0.15) is 5.69 Å². The highest BCUT2D eigenvalue weighted by Crippen LogP contribution is 2.26. The lowest BCUT2D eigenvalue weighted by Gasteiger charge is -2.09. The molecule has 0 bridgehead atoms. The van der Waals surface area contributed by atoms with Crippen LogP contribution in [0.25, 0.3) is 0 Å². The molecule has 9 heteroatoms. The summed E-state index contributed by atoms with van der Waals surface area (Å²) in [5, 5.41) is 7.28. The SMILES string of the molecule is O=S(=O)(NCc1cccnn1)c1c(F)cc(F)cc1Br. The van der Waals surface area contributed by atoms with E-state index in [-0.39, 0.29) is 11.0 Å². The van der Waals surface area contributed by atoms with E-state index in [0.29, 0.717) is 11.8 Å². The maximum atomic E-state index is 13.6. The fraction of sp³-hybridized carbons (Fsp3) is 0.0909. The van der Waals surface area contributed by atoms with Crippen molar-refractivity contribution in [2.45, 2.75) is 11.4 Å². The topological polar surface area (TPSA) is 72.0 Å². The second-order valence-corrected chi connectivity index (χ2v) is 6.30. The Labute approximate surface area is 122 Å². The molecule has 5 nitrogen and oxygen atoms in total. The maximum Gasteiger partial charge on any atom is 0.244 e. The lowest BCUT2D eigenvalue weighted by molar-refractivity contribution is 0.540. The van der Waals surface area contributed by atoms with Gasteiger partial charge in [0, 0.05) is 16.7 Å². The molecule has 0 saturated heterocycles. The van der Waals surface area contributed by atoms with E-state index in [0.717, 1.165) is 6.07 Å². The van der Waals surface area contributed by atoms with Gasteiger partial charge in [0.05, 0.1) is 12.2 Å². The van der Waals surface area contributed by atoms with Gasteiger partial charge in [-0.25, -0.2) is 21.9 Å². The monoisotopic (exact) mass is 363 g/mol. The van der Waals surface area contributed by atoms with Crippen molar-refractivity contribution in [2.75, 3.05) is 0 Å². The Morgan fingerprint density at radius 3 is 2.65 bits per heavy atom. The van der Waals surface area contributed by atoms with Crippen molar-refractivity contribution < 1.29 is 17.2 Å². The normalized spacial score (nSPS) is 11.6. The van der Waals surface area contributed by atoms with Crippen molar-refractivity contribution in [1.82, 2.24) is 14.9 Å². The van der Waals surface area contributed by atoms with Gasteiger partial charge in [-0.3, -0.25) is 0 Å². The Morgan fingerprint density at radius 2 is 2.05 bits per heavy atom. The standard InChI is InChI=1S/C11H8BrF2N3O2S/c12-9-4-7(13)5-10(14)11(9)20(18,19)16-6-8-2-1-3-15-17-8/h1-5,16H,6H2. The van der Waals surface area contributed by atoms with Crippen LogP contribution in [0.2, 0.25) is 0 Å². The number of hydrogen-bond donors (Lipinski definition) is 1. The molecule has 1 aromatic carbocycles. The van der Waals surface area contributed by atoms with Gasteiger partial charge in [0.15, 0.2) is 0 Å². The van der Waals surface area contributed by atoms with Crippen molar-refractivity contribution >= 4 is 26.0 Å². The first-order valence-corrected chi connectivity index (χ1v) is 7.58. The molecule has 0 spiro atoms. The molecule has 0 radical (unpaired) electrons. The molecule has 0 aliphatic carbocycles. The molecular weight excluding hydrogens is 356 g/mol. The van der Waals surface area contributed by atoms with E-state index in [1.165, 1.54) is 6.20 Å². The minimum atomic E-state index is -4.14. The summed E-state index contributed by atoms with van der Waals surface area (Å²) >= 11 is 2.83. The zero-order chi connectivity index (χ0) is 14.8. The number of sulfonamides is 1. The van der Waals surface area contributed by atoms with Crippen LogP contribution >= 0.6 is 15.9 Å². The molecular formula is C11H8BrF2N3O2S. The molecule has 2 rings (SSSR count). The molecule has 0 atom stereocenters. The Bertz CT molecular complexity index is 703. The molecule has 1 N–H and O–H groups in total. The number of nitrogens with zero attached hydrogens (tertiary/aromatic N) is 2. The smallest absolute Gasteiger partial charge is 0.207 e. The summed E-state index contributed by atoms with van der Waals surface area (Å²) in [4.78, 5) is -0.650. The first-order chi connectivity index (χ1) is 9.40. The molecule has 20 heavy (non-hydrogen) atoms. The van der Waals surface area contributed by atoms with Gasteiger partial charge < -0.3 is 0 Å². The molecule has 0 aliphatic rings. The second-order valence-electron chi connectivity index (χ2n) is 3.74. The largest absolute Gasteiger partial charge is 0.244 e. The molecule has 0 aliphatic heterocycles. The molecule has 0 fully saturated rings. The van der Waals surface area contributed by atoms with E-state index in [1.807, 2.05) is 0 Å². The Kier molecular flexibility index (Phi) is 4.41. The lowest BCUT2D eigenvalue weighted by Crippen LogP contribution is -2.25. The number of benzene rings is 1. The Hall–Kier alpha value is -1.45. The van der Waals surface area contributed by atoms with Crippen LogP contribution in [-0.2, 0) is 16.6 Å². The number of rotatable bonds is 4. The fourth-order valence-electron chi connectivity index (χ4n) is 1.45. The summed E-state index contributed by atoms with van der Waals surface area (Å²) in [5.41, 5.74) is 0.370. The Morgan fingerprint density at radius 1 is 1.30 bits per heavy atom. The molecule has 1 aromatic heterocycles. The zero-order valence-electron chi connectivity index (χ0n) is 9.85. The van der Waals surface area contributed by atoms with Gasteiger partial charge >= 0.3 is 0 Å².